The minimum Gasteiger partial charge on any atom is -0.364 e. The highest BCUT2D eigenvalue weighted by Gasteiger charge is 2.28. The van der Waals surface area contributed by atoms with Crippen LogP contribution < -0.4 is 5.73 Å². The molecule has 2 N–H and O–H groups in total. The molecule has 0 aromatic carbocycles. The average Bonchev–Trinajstić information content (AvgIpc) is 3.04. The molecule has 0 bridgehead atoms. The molecule has 2 fully saturated rings. The van der Waals surface area contributed by atoms with Crippen molar-refractivity contribution in [1.82, 2.24) is 19.7 Å². The molecule has 8 heteroatoms. The highest BCUT2D eigenvalue weighted by atomic mass is 32.1. The summed E-state index contributed by atoms with van der Waals surface area (Å²) < 4.78 is 0. The minimum atomic E-state index is -0.537. The molecule has 132 valence electrons. The van der Waals surface area contributed by atoms with Crippen LogP contribution >= 0.6 is 11.3 Å². The first-order chi connectivity index (χ1) is 11.5. The summed E-state index contributed by atoms with van der Waals surface area (Å²) in [4.78, 5) is 34.4. The van der Waals surface area contributed by atoms with Gasteiger partial charge in [0.2, 0.25) is 5.91 Å². The number of hydrogen-bond acceptors (Lipinski definition) is 6. The number of amides is 2. The number of rotatable bonds is 4. The lowest BCUT2D eigenvalue weighted by molar-refractivity contribution is -0.132. The summed E-state index contributed by atoms with van der Waals surface area (Å²) in [5, 5.41) is 2.01. The number of nitrogens with two attached hydrogens (primary N) is 1. The van der Waals surface area contributed by atoms with E-state index in [1.807, 2.05) is 4.90 Å². The lowest BCUT2D eigenvalue weighted by atomic mass is 10.0. The van der Waals surface area contributed by atoms with Crippen LogP contribution in [0, 0.1) is 0 Å². The molecular formula is C16H25N5O2S. The molecule has 24 heavy (non-hydrogen) atoms. The van der Waals surface area contributed by atoms with Gasteiger partial charge in [0, 0.05) is 37.6 Å². The Morgan fingerprint density at radius 3 is 2.46 bits per heavy atom. The first-order valence-corrected chi connectivity index (χ1v) is 9.35. The summed E-state index contributed by atoms with van der Waals surface area (Å²) in [5.41, 5.74) is 5.84. The monoisotopic (exact) mass is 351 g/mol. The Balaban J connectivity index is 1.47. The van der Waals surface area contributed by atoms with Crippen LogP contribution in [0.3, 0.4) is 0 Å². The van der Waals surface area contributed by atoms with Crippen molar-refractivity contribution in [3.8, 4) is 0 Å². The molecule has 1 aromatic heterocycles. The van der Waals surface area contributed by atoms with E-state index >= 15 is 0 Å². The Morgan fingerprint density at radius 2 is 1.88 bits per heavy atom. The SMILES string of the molecule is CN1CCC(N2CCN(C(=O)Cc3csc(C(N)=O)n3)CC2)CC1. The molecule has 2 saturated heterocycles. The van der Waals surface area contributed by atoms with Crippen molar-refractivity contribution < 1.29 is 9.59 Å². The Kier molecular flexibility index (Phi) is 5.47. The fourth-order valence-corrected chi connectivity index (χ4v) is 4.13. The van der Waals surface area contributed by atoms with Gasteiger partial charge in [-0.05, 0) is 33.0 Å². The molecule has 0 saturated carbocycles. The normalized spacial score (nSPS) is 21.1. The van der Waals surface area contributed by atoms with Crippen LogP contribution in [-0.4, -0.2) is 83.9 Å². The number of carbonyl (C=O) groups excluding carboxylic acids is 2. The van der Waals surface area contributed by atoms with Crippen molar-refractivity contribution in [2.75, 3.05) is 46.3 Å². The van der Waals surface area contributed by atoms with Crippen LogP contribution in [0.5, 0.6) is 0 Å². The van der Waals surface area contributed by atoms with Crippen molar-refractivity contribution in [1.29, 1.82) is 0 Å². The van der Waals surface area contributed by atoms with Crippen molar-refractivity contribution in [2.24, 2.45) is 5.73 Å². The van der Waals surface area contributed by atoms with E-state index < -0.39 is 5.91 Å². The number of thiazole rings is 1. The van der Waals surface area contributed by atoms with E-state index in [2.05, 4.69) is 21.8 Å². The van der Waals surface area contributed by atoms with Crippen LogP contribution in [0.15, 0.2) is 5.38 Å². The van der Waals surface area contributed by atoms with Gasteiger partial charge in [0.15, 0.2) is 5.01 Å². The molecule has 1 aromatic rings. The van der Waals surface area contributed by atoms with Crippen molar-refractivity contribution >= 4 is 23.2 Å². The zero-order valence-corrected chi connectivity index (χ0v) is 14.9. The van der Waals surface area contributed by atoms with E-state index in [1.54, 1.807) is 5.38 Å². The molecule has 3 heterocycles. The summed E-state index contributed by atoms with van der Waals surface area (Å²) in [6.07, 6.45) is 2.69. The van der Waals surface area contributed by atoms with E-state index in [4.69, 9.17) is 5.73 Å². The molecule has 0 atom stereocenters. The van der Waals surface area contributed by atoms with Gasteiger partial charge in [-0.2, -0.15) is 0 Å². The van der Waals surface area contributed by atoms with Gasteiger partial charge in [-0.3, -0.25) is 14.5 Å². The summed E-state index contributed by atoms with van der Waals surface area (Å²) in [6, 6.07) is 0.662. The number of nitrogens with zero attached hydrogens (tertiary/aromatic N) is 4. The van der Waals surface area contributed by atoms with E-state index in [-0.39, 0.29) is 17.3 Å². The van der Waals surface area contributed by atoms with Gasteiger partial charge in [0.25, 0.3) is 5.91 Å². The number of piperazine rings is 1. The van der Waals surface area contributed by atoms with Gasteiger partial charge in [0.1, 0.15) is 0 Å². The highest BCUT2D eigenvalue weighted by Crippen LogP contribution is 2.18. The lowest BCUT2D eigenvalue weighted by Gasteiger charge is -2.42. The van der Waals surface area contributed by atoms with Crippen LogP contribution in [0.25, 0.3) is 0 Å². The third-order valence-corrected chi connectivity index (χ3v) is 5.87. The first-order valence-electron chi connectivity index (χ1n) is 8.47. The summed E-state index contributed by atoms with van der Waals surface area (Å²) in [6.45, 7) is 5.77. The molecule has 0 spiro atoms. The predicted molar refractivity (Wildman–Crippen MR) is 93.0 cm³/mol. The van der Waals surface area contributed by atoms with Crippen molar-refractivity contribution in [3.63, 3.8) is 0 Å². The van der Waals surface area contributed by atoms with Gasteiger partial charge in [-0.1, -0.05) is 0 Å². The molecule has 0 unspecified atom stereocenters. The topological polar surface area (TPSA) is 82.8 Å². The largest absolute Gasteiger partial charge is 0.364 e. The number of hydrogen-bond donors (Lipinski definition) is 1. The number of likely N-dealkylation sites (tertiary alicyclic amines) is 1. The molecule has 3 rings (SSSR count). The summed E-state index contributed by atoms with van der Waals surface area (Å²) >= 11 is 1.20. The van der Waals surface area contributed by atoms with Gasteiger partial charge >= 0.3 is 0 Å². The predicted octanol–water partition coefficient (Wildman–Crippen LogP) is 0.0229. The Morgan fingerprint density at radius 1 is 1.21 bits per heavy atom. The summed E-state index contributed by atoms with van der Waals surface area (Å²) in [5.74, 6) is -0.454. The first kappa shape index (κ1) is 17.3. The quantitative estimate of drug-likeness (QED) is 0.827. The number of aromatic nitrogens is 1. The second-order valence-corrected chi connectivity index (χ2v) is 7.49. The molecule has 2 aliphatic rings. The Hall–Kier alpha value is -1.51. The molecule has 2 aliphatic heterocycles. The maximum absolute atomic E-state index is 12.4. The van der Waals surface area contributed by atoms with E-state index in [0.717, 1.165) is 39.3 Å². The zero-order chi connectivity index (χ0) is 17.1. The van der Waals surface area contributed by atoms with Gasteiger partial charge in [-0.15, -0.1) is 11.3 Å². The van der Waals surface area contributed by atoms with Crippen LogP contribution in [0.2, 0.25) is 0 Å². The van der Waals surface area contributed by atoms with Gasteiger partial charge < -0.3 is 15.5 Å². The standard InChI is InChI=1S/C16H25N5O2S/c1-19-4-2-13(3-5-19)20-6-8-21(9-7-20)14(22)10-12-11-24-16(18-12)15(17)23/h11,13H,2-10H2,1H3,(H2,17,23). The molecule has 7 nitrogen and oxygen atoms in total. The lowest BCUT2D eigenvalue weighted by Crippen LogP contribution is -2.54. The van der Waals surface area contributed by atoms with Gasteiger partial charge in [0.05, 0.1) is 12.1 Å². The second-order valence-electron chi connectivity index (χ2n) is 6.64. The molecular weight excluding hydrogens is 326 g/mol. The zero-order valence-electron chi connectivity index (χ0n) is 14.1. The molecule has 0 radical (unpaired) electrons. The number of primary amides is 1. The fourth-order valence-electron chi connectivity index (χ4n) is 3.46. The minimum absolute atomic E-state index is 0.0827. The third kappa shape index (κ3) is 4.12. The van der Waals surface area contributed by atoms with Crippen LogP contribution in [0.1, 0.15) is 28.3 Å². The van der Waals surface area contributed by atoms with E-state index in [9.17, 15) is 9.59 Å². The third-order valence-electron chi connectivity index (χ3n) is 4.97. The second kappa shape index (κ2) is 7.58. The van der Waals surface area contributed by atoms with E-state index in [1.165, 1.54) is 24.2 Å². The number of piperidine rings is 1. The molecule has 2 amide bonds. The van der Waals surface area contributed by atoms with Gasteiger partial charge in [-0.25, -0.2) is 4.98 Å². The van der Waals surface area contributed by atoms with Crippen molar-refractivity contribution in [3.05, 3.63) is 16.1 Å². The van der Waals surface area contributed by atoms with Crippen LogP contribution in [0.4, 0.5) is 0 Å². The van der Waals surface area contributed by atoms with E-state index in [0.29, 0.717) is 11.7 Å². The smallest absolute Gasteiger partial charge is 0.277 e. The maximum atomic E-state index is 12.4. The number of carbonyl (C=O) groups is 2. The average molecular weight is 351 g/mol. The Bertz CT molecular complexity index is 589. The Labute approximate surface area is 146 Å². The fraction of sp³-hybridized carbons (Fsp3) is 0.688. The summed E-state index contributed by atoms with van der Waals surface area (Å²) in [7, 11) is 2.18. The highest BCUT2D eigenvalue weighted by molar-refractivity contribution is 7.11. The van der Waals surface area contributed by atoms with Crippen LogP contribution in [-0.2, 0) is 11.2 Å². The molecule has 0 aliphatic carbocycles. The van der Waals surface area contributed by atoms with Crippen molar-refractivity contribution in [2.45, 2.75) is 25.3 Å². The maximum Gasteiger partial charge on any atom is 0.277 e.